The van der Waals surface area contributed by atoms with Gasteiger partial charge in [0, 0.05) is 0 Å². The first-order valence-electron chi connectivity index (χ1n) is 3.80. The number of hydrogen-bond donors (Lipinski definition) is 1. The number of hydrogen-bond acceptors (Lipinski definition) is 2. The molecule has 1 aliphatic carbocycles. The van der Waals surface area contributed by atoms with Gasteiger partial charge >= 0.3 is 0 Å². The maximum absolute atomic E-state index is 11.1. The molecule has 1 N–H and O–H groups in total. The van der Waals surface area contributed by atoms with E-state index in [0.717, 1.165) is 0 Å². The number of carbonyl (C=O) groups excluding carboxylic acids is 1. The maximum Gasteiger partial charge on any atom is 0.186 e. The highest BCUT2D eigenvalue weighted by Crippen LogP contribution is 2.33. The van der Waals surface area contributed by atoms with Crippen LogP contribution in [0.1, 0.15) is 27.2 Å². The molecule has 1 atom stereocenters. The van der Waals surface area contributed by atoms with E-state index in [0.29, 0.717) is 6.42 Å². The molecule has 1 aliphatic rings. The van der Waals surface area contributed by atoms with Gasteiger partial charge in [0.1, 0.15) is 5.60 Å². The summed E-state index contributed by atoms with van der Waals surface area (Å²) in [6.45, 7) is 5.58. The van der Waals surface area contributed by atoms with Gasteiger partial charge in [-0.05, 0) is 24.8 Å². The number of rotatable bonds is 0. The Morgan fingerprint density at radius 1 is 1.45 bits per heavy atom. The van der Waals surface area contributed by atoms with Crippen LogP contribution in [0.15, 0.2) is 12.2 Å². The first kappa shape index (κ1) is 8.47. The Kier molecular flexibility index (Phi) is 1.67. The third kappa shape index (κ3) is 1.69. The van der Waals surface area contributed by atoms with Crippen LogP contribution in [0.4, 0.5) is 0 Å². The minimum absolute atomic E-state index is 0.0581. The predicted octanol–water partition coefficient (Wildman–Crippen LogP) is 1.29. The first-order chi connectivity index (χ1) is 4.83. The molecule has 2 nitrogen and oxygen atoms in total. The van der Waals surface area contributed by atoms with E-state index in [2.05, 4.69) is 0 Å². The molecule has 0 fully saturated rings. The van der Waals surface area contributed by atoms with E-state index in [-0.39, 0.29) is 11.2 Å². The van der Waals surface area contributed by atoms with Crippen molar-refractivity contribution in [3.63, 3.8) is 0 Å². The van der Waals surface area contributed by atoms with Gasteiger partial charge in [0.05, 0.1) is 0 Å². The van der Waals surface area contributed by atoms with Crippen LogP contribution in [-0.2, 0) is 4.79 Å². The summed E-state index contributed by atoms with van der Waals surface area (Å²) < 4.78 is 0. The van der Waals surface area contributed by atoms with E-state index < -0.39 is 5.60 Å². The average molecular weight is 154 g/mol. The lowest BCUT2D eigenvalue weighted by Gasteiger charge is -2.33. The zero-order valence-electron chi connectivity index (χ0n) is 7.22. The van der Waals surface area contributed by atoms with E-state index in [1.807, 2.05) is 19.9 Å². The number of carbonyl (C=O) groups is 1. The standard InChI is InChI=1S/C9H14O2/c1-8(2)5-4-7(10)9(3,11)6-8/h4-5,11H,6H2,1-3H3. The molecule has 0 bridgehead atoms. The molecule has 0 saturated heterocycles. The fraction of sp³-hybridized carbons (Fsp3) is 0.667. The SMILES string of the molecule is CC1(C)C=CC(=O)C(C)(O)C1. The lowest BCUT2D eigenvalue weighted by molar-refractivity contribution is -0.134. The molecule has 0 saturated carbocycles. The van der Waals surface area contributed by atoms with Gasteiger partial charge in [-0.3, -0.25) is 4.79 Å². The normalized spacial score (nSPS) is 35.8. The summed E-state index contributed by atoms with van der Waals surface area (Å²) in [7, 11) is 0. The lowest BCUT2D eigenvalue weighted by Crippen LogP contribution is -2.41. The van der Waals surface area contributed by atoms with Crippen molar-refractivity contribution in [1.82, 2.24) is 0 Å². The summed E-state index contributed by atoms with van der Waals surface area (Å²) in [5.41, 5.74) is -1.21. The van der Waals surface area contributed by atoms with Crippen molar-refractivity contribution in [2.75, 3.05) is 0 Å². The molecular formula is C9H14O2. The second-order valence-electron chi connectivity index (χ2n) is 4.14. The van der Waals surface area contributed by atoms with Crippen molar-refractivity contribution in [2.24, 2.45) is 5.41 Å². The molecule has 0 aromatic rings. The van der Waals surface area contributed by atoms with Gasteiger partial charge in [-0.1, -0.05) is 19.9 Å². The summed E-state index contributed by atoms with van der Waals surface area (Å²) in [4.78, 5) is 11.1. The summed E-state index contributed by atoms with van der Waals surface area (Å²) in [5.74, 6) is -0.183. The van der Waals surface area contributed by atoms with Crippen LogP contribution in [0.2, 0.25) is 0 Å². The minimum Gasteiger partial charge on any atom is -0.382 e. The molecule has 0 amide bonds. The van der Waals surface area contributed by atoms with Crippen LogP contribution < -0.4 is 0 Å². The van der Waals surface area contributed by atoms with E-state index in [9.17, 15) is 9.90 Å². The predicted molar refractivity (Wildman–Crippen MR) is 43.2 cm³/mol. The first-order valence-corrected chi connectivity index (χ1v) is 3.80. The van der Waals surface area contributed by atoms with Crippen LogP contribution in [0.5, 0.6) is 0 Å². The minimum atomic E-state index is -1.15. The highest BCUT2D eigenvalue weighted by Gasteiger charge is 2.37. The smallest absolute Gasteiger partial charge is 0.186 e. The van der Waals surface area contributed by atoms with Crippen LogP contribution in [-0.4, -0.2) is 16.5 Å². The summed E-state index contributed by atoms with van der Waals surface area (Å²) in [6.07, 6.45) is 3.84. The van der Waals surface area contributed by atoms with Crippen LogP contribution in [0, 0.1) is 5.41 Å². The average Bonchev–Trinajstić information content (AvgIpc) is 1.77. The summed E-state index contributed by atoms with van der Waals surface area (Å²) in [6, 6.07) is 0. The zero-order chi connectivity index (χ0) is 8.70. The molecule has 11 heavy (non-hydrogen) atoms. The van der Waals surface area contributed by atoms with Gasteiger partial charge < -0.3 is 5.11 Å². The topological polar surface area (TPSA) is 37.3 Å². The lowest BCUT2D eigenvalue weighted by atomic mass is 9.75. The van der Waals surface area contributed by atoms with Crippen LogP contribution in [0.3, 0.4) is 0 Å². The summed E-state index contributed by atoms with van der Waals surface area (Å²) >= 11 is 0. The third-order valence-electron chi connectivity index (χ3n) is 2.02. The molecule has 1 rings (SSSR count). The fourth-order valence-corrected chi connectivity index (χ4v) is 1.51. The molecule has 0 radical (unpaired) electrons. The molecular weight excluding hydrogens is 140 g/mol. The molecule has 2 heteroatoms. The van der Waals surface area contributed by atoms with Gasteiger partial charge in [0.25, 0.3) is 0 Å². The van der Waals surface area contributed by atoms with Crippen molar-refractivity contribution in [3.05, 3.63) is 12.2 Å². The second kappa shape index (κ2) is 2.18. The Morgan fingerprint density at radius 3 is 2.36 bits per heavy atom. The molecule has 62 valence electrons. The van der Waals surface area contributed by atoms with Crippen LogP contribution >= 0.6 is 0 Å². The quantitative estimate of drug-likeness (QED) is 0.571. The molecule has 1 unspecified atom stereocenters. The Hall–Kier alpha value is -0.630. The van der Waals surface area contributed by atoms with E-state index in [1.165, 1.54) is 6.08 Å². The van der Waals surface area contributed by atoms with Crippen molar-refractivity contribution in [3.8, 4) is 0 Å². The number of ketones is 1. The van der Waals surface area contributed by atoms with Crippen molar-refractivity contribution < 1.29 is 9.90 Å². The Labute approximate surface area is 66.9 Å². The Balaban J connectivity index is 2.94. The highest BCUT2D eigenvalue weighted by atomic mass is 16.3. The van der Waals surface area contributed by atoms with Crippen LogP contribution in [0.25, 0.3) is 0 Å². The van der Waals surface area contributed by atoms with Crippen molar-refractivity contribution >= 4 is 5.78 Å². The van der Waals surface area contributed by atoms with E-state index >= 15 is 0 Å². The van der Waals surface area contributed by atoms with Gasteiger partial charge in [-0.15, -0.1) is 0 Å². The molecule has 0 aromatic carbocycles. The zero-order valence-corrected chi connectivity index (χ0v) is 7.22. The van der Waals surface area contributed by atoms with Gasteiger partial charge in [-0.2, -0.15) is 0 Å². The summed E-state index contributed by atoms with van der Waals surface area (Å²) in [5, 5.41) is 9.58. The van der Waals surface area contributed by atoms with Gasteiger partial charge in [-0.25, -0.2) is 0 Å². The monoisotopic (exact) mass is 154 g/mol. The highest BCUT2D eigenvalue weighted by molar-refractivity contribution is 5.97. The van der Waals surface area contributed by atoms with Gasteiger partial charge in [0.2, 0.25) is 0 Å². The Bertz CT molecular complexity index is 212. The van der Waals surface area contributed by atoms with E-state index in [1.54, 1.807) is 6.92 Å². The molecule has 0 aliphatic heterocycles. The van der Waals surface area contributed by atoms with Crippen molar-refractivity contribution in [2.45, 2.75) is 32.8 Å². The fourth-order valence-electron chi connectivity index (χ4n) is 1.51. The largest absolute Gasteiger partial charge is 0.382 e. The Morgan fingerprint density at radius 2 is 2.00 bits per heavy atom. The second-order valence-corrected chi connectivity index (χ2v) is 4.14. The van der Waals surface area contributed by atoms with E-state index in [4.69, 9.17) is 0 Å². The maximum atomic E-state index is 11.1. The molecule has 0 spiro atoms. The number of allylic oxidation sites excluding steroid dienone is 1. The third-order valence-corrected chi connectivity index (χ3v) is 2.02. The molecule has 0 heterocycles. The molecule has 0 aromatic heterocycles. The van der Waals surface area contributed by atoms with Crippen molar-refractivity contribution in [1.29, 1.82) is 0 Å². The number of aliphatic hydroxyl groups is 1. The van der Waals surface area contributed by atoms with Gasteiger partial charge in [0.15, 0.2) is 5.78 Å².